The van der Waals surface area contributed by atoms with Crippen LogP contribution in [0.3, 0.4) is 0 Å². The number of likely N-dealkylation sites (tertiary alicyclic amines) is 1. The van der Waals surface area contributed by atoms with Gasteiger partial charge in [0.1, 0.15) is 0 Å². The van der Waals surface area contributed by atoms with Gasteiger partial charge in [-0.05, 0) is 30.9 Å². The predicted octanol–water partition coefficient (Wildman–Crippen LogP) is 2.32. The number of fused-ring (bicyclic) bond motifs is 2. The first-order valence-electron chi connectivity index (χ1n) is 8.30. The van der Waals surface area contributed by atoms with E-state index in [1.165, 1.54) is 12.8 Å². The van der Waals surface area contributed by atoms with Crippen LogP contribution in [0.1, 0.15) is 37.7 Å². The number of hydrogen-bond donors (Lipinski definition) is 0. The van der Waals surface area contributed by atoms with E-state index in [0.29, 0.717) is 13.1 Å². The van der Waals surface area contributed by atoms with Crippen LogP contribution in [0.25, 0.3) is 0 Å². The van der Waals surface area contributed by atoms with Gasteiger partial charge in [0, 0.05) is 31.7 Å². The maximum Gasteiger partial charge on any atom is 0.239 e. The minimum Gasteiger partial charge on any atom is -0.341 e. The fourth-order valence-corrected chi connectivity index (χ4v) is 4.54. The molecule has 2 heterocycles. The Bertz CT molecular complexity index is 636. The highest BCUT2D eigenvalue weighted by Gasteiger charge is 2.54. The Labute approximate surface area is 131 Å². The van der Waals surface area contributed by atoms with Crippen LogP contribution in [0.15, 0.2) is 24.3 Å². The van der Waals surface area contributed by atoms with Gasteiger partial charge in [-0.25, -0.2) is 0 Å². The maximum absolute atomic E-state index is 12.9. The van der Waals surface area contributed by atoms with Gasteiger partial charge in [0.25, 0.3) is 0 Å². The van der Waals surface area contributed by atoms with Crippen LogP contribution < -0.4 is 4.90 Å². The number of hydrogen-bond acceptors (Lipinski definition) is 2. The molecule has 2 fully saturated rings. The third-order valence-electron chi connectivity index (χ3n) is 5.78. The van der Waals surface area contributed by atoms with Crippen LogP contribution in [0.5, 0.6) is 0 Å². The molecule has 1 spiro atoms. The zero-order chi connectivity index (χ0) is 15.3. The summed E-state index contributed by atoms with van der Waals surface area (Å²) in [6.45, 7) is 1.27. The largest absolute Gasteiger partial charge is 0.341 e. The quantitative estimate of drug-likeness (QED) is 0.798. The molecule has 22 heavy (non-hydrogen) atoms. The van der Waals surface area contributed by atoms with Gasteiger partial charge in [-0.2, -0.15) is 0 Å². The Kier molecular flexibility index (Phi) is 3.03. The average Bonchev–Trinajstić information content (AvgIpc) is 3.26. The second-order valence-electron chi connectivity index (χ2n) is 6.95. The van der Waals surface area contributed by atoms with Crippen molar-refractivity contribution < 1.29 is 9.59 Å². The number of carbonyl (C=O) groups is 2. The van der Waals surface area contributed by atoms with E-state index in [2.05, 4.69) is 6.07 Å². The van der Waals surface area contributed by atoms with Crippen molar-refractivity contribution in [1.82, 2.24) is 4.90 Å². The SMILES string of the molecule is CN1C(=O)[C@]2(CCN(C(=O)C3CCCC3)C2)c2ccccc21. The van der Waals surface area contributed by atoms with Crippen molar-refractivity contribution in [3.63, 3.8) is 0 Å². The highest BCUT2D eigenvalue weighted by atomic mass is 16.2. The zero-order valence-electron chi connectivity index (χ0n) is 13.0. The lowest BCUT2D eigenvalue weighted by molar-refractivity contribution is -0.134. The minimum absolute atomic E-state index is 0.149. The molecule has 0 radical (unpaired) electrons. The summed E-state index contributed by atoms with van der Waals surface area (Å²) in [5.74, 6) is 0.615. The standard InChI is InChI=1S/C18H22N2O2/c1-19-15-9-5-4-8-14(15)18(17(19)22)10-11-20(12-18)16(21)13-6-2-3-7-13/h4-5,8-9,13H,2-3,6-7,10-12H2,1H3/t18-/m0/s1. The summed E-state index contributed by atoms with van der Waals surface area (Å²) < 4.78 is 0. The van der Waals surface area contributed by atoms with E-state index in [4.69, 9.17) is 0 Å². The molecule has 0 unspecified atom stereocenters. The van der Waals surface area contributed by atoms with Crippen molar-refractivity contribution in [3.05, 3.63) is 29.8 Å². The van der Waals surface area contributed by atoms with E-state index >= 15 is 0 Å². The molecule has 1 saturated carbocycles. The Morgan fingerprint density at radius 3 is 2.73 bits per heavy atom. The monoisotopic (exact) mass is 298 g/mol. The minimum atomic E-state index is -0.500. The Balaban J connectivity index is 1.64. The number of nitrogens with zero attached hydrogens (tertiary/aromatic N) is 2. The second kappa shape index (κ2) is 4.83. The van der Waals surface area contributed by atoms with Crippen LogP contribution >= 0.6 is 0 Å². The van der Waals surface area contributed by atoms with Gasteiger partial charge in [-0.1, -0.05) is 31.0 Å². The Morgan fingerprint density at radius 2 is 1.95 bits per heavy atom. The number of amides is 2. The van der Waals surface area contributed by atoms with E-state index < -0.39 is 5.41 Å². The summed E-state index contributed by atoms with van der Waals surface area (Å²) >= 11 is 0. The lowest BCUT2D eigenvalue weighted by atomic mass is 9.81. The molecule has 3 aliphatic rings. The summed E-state index contributed by atoms with van der Waals surface area (Å²) in [6, 6.07) is 8.02. The lowest BCUT2D eigenvalue weighted by Gasteiger charge is -2.25. The van der Waals surface area contributed by atoms with Crippen molar-refractivity contribution in [1.29, 1.82) is 0 Å². The third-order valence-corrected chi connectivity index (χ3v) is 5.78. The number of likely N-dealkylation sites (N-methyl/N-ethyl adjacent to an activating group) is 1. The molecule has 4 nitrogen and oxygen atoms in total. The molecule has 116 valence electrons. The fourth-order valence-electron chi connectivity index (χ4n) is 4.54. The van der Waals surface area contributed by atoms with E-state index in [1.54, 1.807) is 4.90 Å². The summed E-state index contributed by atoms with van der Waals surface area (Å²) in [5.41, 5.74) is 1.60. The first-order chi connectivity index (χ1) is 10.6. The summed E-state index contributed by atoms with van der Waals surface area (Å²) in [5, 5.41) is 0. The summed E-state index contributed by atoms with van der Waals surface area (Å²) in [6.07, 6.45) is 5.13. The molecule has 4 heteroatoms. The molecule has 0 aromatic heterocycles. The smallest absolute Gasteiger partial charge is 0.239 e. The Hall–Kier alpha value is -1.84. The van der Waals surface area contributed by atoms with Gasteiger partial charge < -0.3 is 9.80 Å². The highest BCUT2D eigenvalue weighted by molar-refractivity contribution is 6.08. The van der Waals surface area contributed by atoms with Crippen LogP contribution in [0.2, 0.25) is 0 Å². The normalized spacial score (nSPS) is 28.0. The molecule has 1 saturated heterocycles. The number of para-hydroxylation sites is 1. The molecule has 1 aliphatic carbocycles. The van der Waals surface area contributed by atoms with Gasteiger partial charge in [0.05, 0.1) is 5.41 Å². The zero-order valence-corrected chi connectivity index (χ0v) is 13.0. The van der Waals surface area contributed by atoms with Gasteiger partial charge in [0.15, 0.2) is 0 Å². The molecule has 0 bridgehead atoms. The van der Waals surface area contributed by atoms with Gasteiger partial charge >= 0.3 is 0 Å². The van der Waals surface area contributed by atoms with Crippen LogP contribution in [-0.2, 0) is 15.0 Å². The van der Waals surface area contributed by atoms with Crippen molar-refractivity contribution in [3.8, 4) is 0 Å². The fraction of sp³-hybridized carbons (Fsp3) is 0.556. The summed E-state index contributed by atoms with van der Waals surface area (Å²) in [7, 11) is 1.84. The van der Waals surface area contributed by atoms with Crippen molar-refractivity contribution in [2.24, 2.45) is 5.92 Å². The Morgan fingerprint density at radius 1 is 1.23 bits per heavy atom. The molecule has 2 aliphatic heterocycles. The molecule has 2 amide bonds. The number of rotatable bonds is 1. The van der Waals surface area contributed by atoms with Crippen molar-refractivity contribution >= 4 is 17.5 Å². The topological polar surface area (TPSA) is 40.6 Å². The molecule has 1 atom stereocenters. The molecular formula is C18H22N2O2. The van der Waals surface area contributed by atoms with Crippen molar-refractivity contribution in [2.75, 3.05) is 25.0 Å². The van der Waals surface area contributed by atoms with Gasteiger partial charge in [0.2, 0.25) is 11.8 Å². The van der Waals surface area contributed by atoms with Crippen LogP contribution in [0.4, 0.5) is 5.69 Å². The van der Waals surface area contributed by atoms with E-state index in [-0.39, 0.29) is 17.7 Å². The number of anilines is 1. The average molecular weight is 298 g/mol. The molecular weight excluding hydrogens is 276 g/mol. The van der Waals surface area contributed by atoms with E-state index in [9.17, 15) is 9.59 Å². The van der Waals surface area contributed by atoms with E-state index in [1.807, 2.05) is 30.1 Å². The van der Waals surface area contributed by atoms with Crippen LogP contribution in [-0.4, -0.2) is 36.9 Å². The lowest BCUT2D eigenvalue weighted by Crippen LogP contribution is -2.43. The number of benzene rings is 1. The second-order valence-corrected chi connectivity index (χ2v) is 6.95. The third kappa shape index (κ3) is 1.76. The van der Waals surface area contributed by atoms with Gasteiger partial charge in [-0.15, -0.1) is 0 Å². The molecule has 0 N–H and O–H groups in total. The maximum atomic E-state index is 12.9. The number of carbonyl (C=O) groups excluding carboxylic acids is 2. The molecule has 4 rings (SSSR count). The van der Waals surface area contributed by atoms with E-state index in [0.717, 1.165) is 30.5 Å². The molecule has 1 aromatic carbocycles. The predicted molar refractivity (Wildman–Crippen MR) is 84.7 cm³/mol. The van der Waals surface area contributed by atoms with Crippen molar-refractivity contribution in [2.45, 2.75) is 37.5 Å². The first-order valence-corrected chi connectivity index (χ1v) is 8.30. The van der Waals surface area contributed by atoms with Gasteiger partial charge in [-0.3, -0.25) is 9.59 Å². The van der Waals surface area contributed by atoms with Crippen LogP contribution in [0, 0.1) is 5.92 Å². The first kappa shape index (κ1) is 13.8. The summed E-state index contributed by atoms with van der Waals surface area (Å²) in [4.78, 5) is 29.3. The molecule has 1 aromatic rings. The highest BCUT2D eigenvalue weighted by Crippen LogP contribution is 2.47.